The summed E-state index contributed by atoms with van der Waals surface area (Å²) in [5.41, 5.74) is 2.75. The number of rotatable bonds is 3. The number of benzene rings is 1. The predicted octanol–water partition coefficient (Wildman–Crippen LogP) is 3.88. The van der Waals surface area contributed by atoms with E-state index >= 15 is 0 Å². The van der Waals surface area contributed by atoms with Gasteiger partial charge in [0, 0.05) is 25.7 Å². The summed E-state index contributed by atoms with van der Waals surface area (Å²) in [7, 11) is 1.66. The van der Waals surface area contributed by atoms with Gasteiger partial charge in [0.05, 0.1) is 18.4 Å². The fourth-order valence-corrected chi connectivity index (χ4v) is 4.52. The van der Waals surface area contributed by atoms with Crippen molar-refractivity contribution >= 4 is 11.7 Å². The van der Waals surface area contributed by atoms with Crippen molar-refractivity contribution in [2.75, 3.05) is 25.1 Å². The maximum atomic E-state index is 12.7. The van der Waals surface area contributed by atoms with Crippen LogP contribution >= 0.6 is 0 Å². The lowest BCUT2D eigenvalue weighted by Gasteiger charge is -2.35. The van der Waals surface area contributed by atoms with Crippen molar-refractivity contribution in [2.24, 2.45) is 11.8 Å². The number of methoxy groups -OCH3 is 1. The number of fused-ring (bicyclic) bond motifs is 1. The summed E-state index contributed by atoms with van der Waals surface area (Å²) >= 11 is 0. The van der Waals surface area contributed by atoms with Crippen LogP contribution < -0.4 is 9.64 Å². The molecule has 5 heteroatoms. The number of nitrogens with zero attached hydrogens (tertiary/aromatic N) is 3. The number of hydrogen-bond acceptors (Lipinski definition) is 5. The molecule has 5 nitrogen and oxygen atoms in total. The van der Waals surface area contributed by atoms with E-state index in [-0.39, 0.29) is 11.7 Å². The number of ether oxygens (including phenoxy) is 1. The van der Waals surface area contributed by atoms with E-state index in [9.17, 15) is 4.79 Å². The summed E-state index contributed by atoms with van der Waals surface area (Å²) in [6.07, 6.45) is 4.29. The normalized spacial score (nSPS) is 25.2. The SMILES string of the molecule is COc1ccc([C@@H]2CC(=O)c3cnc(N4C[C@H](C)C[C@@H](C)C4)nc3C2)cc1. The lowest BCUT2D eigenvalue weighted by Crippen LogP contribution is -2.40. The summed E-state index contributed by atoms with van der Waals surface area (Å²) in [5, 5.41) is 0. The molecule has 0 unspecified atom stereocenters. The topological polar surface area (TPSA) is 55.3 Å². The first-order valence-electron chi connectivity index (χ1n) is 9.81. The lowest BCUT2D eigenvalue weighted by molar-refractivity contribution is 0.0962. The molecule has 27 heavy (non-hydrogen) atoms. The number of anilines is 1. The number of hydrogen-bond donors (Lipinski definition) is 0. The van der Waals surface area contributed by atoms with E-state index in [1.807, 2.05) is 12.1 Å². The Morgan fingerprint density at radius 2 is 1.78 bits per heavy atom. The molecule has 0 spiro atoms. The Bertz CT molecular complexity index is 824. The van der Waals surface area contributed by atoms with E-state index < -0.39 is 0 Å². The van der Waals surface area contributed by atoms with E-state index in [1.54, 1.807) is 13.3 Å². The quantitative estimate of drug-likeness (QED) is 0.826. The van der Waals surface area contributed by atoms with Crippen LogP contribution in [0.1, 0.15) is 54.2 Å². The van der Waals surface area contributed by atoms with Gasteiger partial charge in [-0.1, -0.05) is 26.0 Å². The minimum atomic E-state index is 0.143. The fourth-order valence-electron chi connectivity index (χ4n) is 4.52. The summed E-state index contributed by atoms with van der Waals surface area (Å²) in [4.78, 5) is 24.3. The molecule has 1 aliphatic heterocycles. The Morgan fingerprint density at radius 1 is 1.07 bits per heavy atom. The molecule has 4 rings (SSSR count). The van der Waals surface area contributed by atoms with Crippen molar-refractivity contribution in [1.29, 1.82) is 0 Å². The lowest BCUT2D eigenvalue weighted by atomic mass is 9.82. The van der Waals surface area contributed by atoms with Crippen molar-refractivity contribution in [3.8, 4) is 5.75 Å². The molecule has 142 valence electrons. The number of aromatic nitrogens is 2. The Morgan fingerprint density at radius 3 is 2.44 bits per heavy atom. The number of carbonyl (C=O) groups is 1. The van der Waals surface area contributed by atoms with E-state index in [2.05, 4.69) is 35.9 Å². The monoisotopic (exact) mass is 365 g/mol. The summed E-state index contributed by atoms with van der Waals surface area (Å²) in [6, 6.07) is 8.02. The van der Waals surface area contributed by atoms with Crippen LogP contribution in [0.4, 0.5) is 5.95 Å². The number of ketones is 1. The van der Waals surface area contributed by atoms with Gasteiger partial charge in [0.25, 0.3) is 0 Å². The average Bonchev–Trinajstić information content (AvgIpc) is 2.67. The smallest absolute Gasteiger partial charge is 0.225 e. The summed E-state index contributed by atoms with van der Waals surface area (Å²) in [6.45, 7) is 6.53. The molecule has 2 heterocycles. The van der Waals surface area contributed by atoms with Gasteiger partial charge in [-0.3, -0.25) is 4.79 Å². The Labute approximate surface area is 160 Å². The highest BCUT2D eigenvalue weighted by Crippen LogP contribution is 2.33. The van der Waals surface area contributed by atoms with E-state index in [0.29, 0.717) is 23.8 Å². The van der Waals surface area contributed by atoms with Crippen LogP contribution in [0.2, 0.25) is 0 Å². The maximum Gasteiger partial charge on any atom is 0.225 e. The van der Waals surface area contributed by atoms with E-state index in [4.69, 9.17) is 9.72 Å². The Kier molecular flexibility index (Phi) is 4.85. The molecule has 1 aliphatic carbocycles. The Hall–Kier alpha value is -2.43. The first kappa shape index (κ1) is 18.0. The van der Waals surface area contributed by atoms with Gasteiger partial charge < -0.3 is 9.64 Å². The molecule has 3 atom stereocenters. The minimum absolute atomic E-state index is 0.143. The third-order valence-corrected chi connectivity index (χ3v) is 5.77. The van der Waals surface area contributed by atoms with Crippen LogP contribution in [0, 0.1) is 11.8 Å². The number of carbonyl (C=O) groups excluding carboxylic acids is 1. The first-order chi connectivity index (χ1) is 13.0. The van der Waals surface area contributed by atoms with E-state index in [0.717, 1.165) is 42.5 Å². The highest BCUT2D eigenvalue weighted by Gasteiger charge is 2.30. The van der Waals surface area contributed by atoms with Crippen molar-refractivity contribution in [3.05, 3.63) is 47.3 Å². The van der Waals surface area contributed by atoms with Gasteiger partial charge in [-0.05, 0) is 48.3 Å². The molecule has 0 bridgehead atoms. The van der Waals surface area contributed by atoms with Gasteiger partial charge in [0.15, 0.2) is 5.78 Å². The molecule has 0 amide bonds. The zero-order valence-electron chi connectivity index (χ0n) is 16.3. The van der Waals surface area contributed by atoms with E-state index in [1.165, 1.54) is 6.42 Å². The van der Waals surface area contributed by atoms with Crippen LogP contribution in [0.5, 0.6) is 5.75 Å². The molecule has 2 aromatic rings. The van der Waals surface area contributed by atoms with Crippen molar-refractivity contribution in [3.63, 3.8) is 0 Å². The molecular weight excluding hydrogens is 338 g/mol. The predicted molar refractivity (Wildman–Crippen MR) is 106 cm³/mol. The molecule has 1 saturated heterocycles. The highest BCUT2D eigenvalue weighted by atomic mass is 16.5. The van der Waals surface area contributed by atoms with Gasteiger partial charge in [0.1, 0.15) is 5.75 Å². The minimum Gasteiger partial charge on any atom is -0.497 e. The molecule has 0 saturated carbocycles. The second kappa shape index (κ2) is 7.29. The second-order valence-electron chi connectivity index (χ2n) is 8.18. The largest absolute Gasteiger partial charge is 0.497 e. The van der Waals surface area contributed by atoms with Crippen LogP contribution in [-0.2, 0) is 6.42 Å². The van der Waals surface area contributed by atoms with Gasteiger partial charge in [-0.2, -0.15) is 0 Å². The first-order valence-corrected chi connectivity index (χ1v) is 9.81. The molecule has 1 fully saturated rings. The van der Waals surface area contributed by atoms with Gasteiger partial charge in [-0.25, -0.2) is 9.97 Å². The standard InChI is InChI=1S/C22H27N3O2/c1-14-8-15(2)13-25(12-14)22-23-11-19-20(24-22)9-17(10-21(19)26)16-4-6-18(27-3)7-5-16/h4-7,11,14-15,17H,8-10,12-13H2,1-3H3/t14-,15-,17+/m1/s1. The van der Waals surface area contributed by atoms with Crippen LogP contribution in [-0.4, -0.2) is 36.0 Å². The van der Waals surface area contributed by atoms with Crippen molar-refractivity contribution in [2.45, 2.75) is 39.0 Å². The summed E-state index contributed by atoms with van der Waals surface area (Å²) < 4.78 is 5.24. The molecular formula is C22H27N3O2. The molecule has 0 N–H and O–H groups in total. The summed E-state index contributed by atoms with van der Waals surface area (Å²) in [5.74, 6) is 3.19. The van der Waals surface area contributed by atoms with Crippen molar-refractivity contribution in [1.82, 2.24) is 9.97 Å². The van der Waals surface area contributed by atoms with Crippen LogP contribution in [0.3, 0.4) is 0 Å². The highest BCUT2D eigenvalue weighted by molar-refractivity contribution is 5.98. The molecule has 2 aliphatic rings. The van der Waals surface area contributed by atoms with Crippen LogP contribution in [0.15, 0.2) is 30.5 Å². The maximum absolute atomic E-state index is 12.7. The third-order valence-electron chi connectivity index (χ3n) is 5.77. The average molecular weight is 365 g/mol. The third kappa shape index (κ3) is 3.68. The van der Waals surface area contributed by atoms with Gasteiger partial charge >= 0.3 is 0 Å². The zero-order chi connectivity index (χ0) is 19.0. The number of Topliss-reactive ketones (excluding diaryl/α,β-unsaturated/α-hetero) is 1. The van der Waals surface area contributed by atoms with Crippen molar-refractivity contribution < 1.29 is 9.53 Å². The number of piperidine rings is 1. The molecule has 1 aromatic carbocycles. The Balaban J connectivity index is 1.59. The fraction of sp³-hybridized carbons (Fsp3) is 0.500. The van der Waals surface area contributed by atoms with Gasteiger partial charge in [0.2, 0.25) is 5.95 Å². The second-order valence-corrected chi connectivity index (χ2v) is 8.18. The molecule has 1 aromatic heterocycles. The zero-order valence-corrected chi connectivity index (χ0v) is 16.3. The molecule has 0 radical (unpaired) electrons. The van der Waals surface area contributed by atoms with Crippen LogP contribution in [0.25, 0.3) is 0 Å². The van der Waals surface area contributed by atoms with Gasteiger partial charge in [-0.15, -0.1) is 0 Å².